The molecule has 1 N–H and O–H groups in total. The lowest BCUT2D eigenvalue weighted by Gasteiger charge is -2.21. The molecule has 4 rings (SSSR count). The standard InChI is InChI=1S/C18H19N3OS/c1-12-2-4-13(5-3-12)10-21(14-6-7-14)11-16-19-15-8-9-23-17(15)18(22)20-16/h2-5,8-9,14H,6-7,10-11H2,1H3,(H,19,20,22). The normalized spacial score (nSPS) is 14.7. The van der Waals surface area contributed by atoms with E-state index < -0.39 is 0 Å². The molecule has 0 aliphatic heterocycles. The first-order chi connectivity index (χ1) is 11.2. The van der Waals surface area contributed by atoms with Crippen LogP contribution in [0, 0.1) is 6.92 Å². The second-order valence-corrected chi connectivity index (χ2v) is 7.19. The van der Waals surface area contributed by atoms with E-state index in [9.17, 15) is 4.79 Å². The number of thiophene rings is 1. The van der Waals surface area contributed by atoms with Crippen LogP contribution in [0.5, 0.6) is 0 Å². The first kappa shape index (κ1) is 14.6. The summed E-state index contributed by atoms with van der Waals surface area (Å²) >= 11 is 1.44. The van der Waals surface area contributed by atoms with Crippen molar-refractivity contribution in [3.63, 3.8) is 0 Å². The van der Waals surface area contributed by atoms with Crippen LogP contribution < -0.4 is 5.56 Å². The van der Waals surface area contributed by atoms with Gasteiger partial charge in [0, 0.05) is 12.6 Å². The van der Waals surface area contributed by atoms with E-state index >= 15 is 0 Å². The Hall–Kier alpha value is -1.98. The highest BCUT2D eigenvalue weighted by Crippen LogP contribution is 2.29. The Labute approximate surface area is 138 Å². The van der Waals surface area contributed by atoms with Gasteiger partial charge in [-0.1, -0.05) is 29.8 Å². The predicted octanol–water partition coefficient (Wildman–Crippen LogP) is 3.46. The molecular formula is C18H19N3OS. The maximum atomic E-state index is 12.1. The fraction of sp³-hybridized carbons (Fsp3) is 0.333. The van der Waals surface area contributed by atoms with Crippen molar-refractivity contribution in [1.82, 2.24) is 14.9 Å². The summed E-state index contributed by atoms with van der Waals surface area (Å²) in [6, 6.07) is 11.2. The zero-order chi connectivity index (χ0) is 15.8. The van der Waals surface area contributed by atoms with Crippen LogP contribution in [-0.4, -0.2) is 20.9 Å². The van der Waals surface area contributed by atoms with Crippen molar-refractivity contribution in [2.75, 3.05) is 0 Å². The van der Waals surface area contributed by atoms with Gasteiger partial charge in [0.05, 0.1) is 12.1 Å². The molecule has 1 aliphatic carbocycles. The maximum Gasteiger partial charge on any atom is 0.268 e. The van der Waals surface area contributed by atoms with Crippen molar-refractivity contribution in [2.45, 2.75) is 38.9 Å². The molecule has 4 nitrogen and oxygen atoms in total. The van der Waals surface area contributed by atoms with Gasteiger partial charge in [-0.3, -0.25) is 9.69 Å². The summed E-state index contributed by atoms with van der Waals surface area (Å²) in [5.41, 5.74) is 3.37. The van der Waals surface area contributed by atoms with Crippen LogP contribution in [0.15, 0.2) is 40.5 Å². The fourth-order valence-electron chi connectivity index (χ4n) is 2.87. The van der Waals surface area contributed by atoms with E-state index in [1.807, 2.05) is 11.4 Å². The van der Waals surface area contributed by atoms with Crippen molar-refractivity contribution in [3.8, 4) is 0 Å². The Morgan fingerprint density at radius 1 is 1.22 bits per heavy atom. The van der Waals surface area contributed by atoms with Crippen LogP contribution in [0.2, 0.25) is 0 Å². The highest BCUT2D eigenvalue weighted by atomic mass is 32.1. The molecule has 0 unspecified atom stereocenters. The highest BCUT2D eigenvalue weighted by Gasteiger charge is 2.29. The third kappa shape index (κ3) is 3.21. The molecule has 23 heavy (non-hydrogen) atoms. The highest BCUT2D eigenvalue weighted by molar-refractivity contribution is 7.17. The number of hydrogen-bond donors (Lipinski definition) is 1. The van der Waals surface area contributed by atoms with Crippen LogP contribution in [0.1, 0.15) is 29.8 Å². The summed E-state index contributed by atoms with van der Waals surface area (Å²) in [6.07, 6.45) is 2.47. The molecule has 1 saturated carbocycles. The molecule has 0 spiro atoms. The quantitative estimate of drug-likeness (QED) is 0.781. The summed E-state index contributed by atoms with van der Waals surface area (Å²) in [5, 5.41) is 1.92. The van der Waals surface area contributed by atoms with Crippen molar-refractivity contribution in [1.29, 1.82) is 0 Å². The zero-order valence-corrected chi connectivity index (χ0v) is 13.9. The zero-order valence-electron chi connectivity index (χ0n) is 13.1. The van der Waals surface area contributed by atoms with Crippen molar-refractivity contribution in [3.05, 3.63) is 63.0 Å². The molecular weight excluding hydrogens is 306 g/mol. The molecule has 118 valence electrons. The Bertz CT molecular complexity index is 877. The van der Waals surface area contributed by atoms with E-state index in [0.717, 1.165) is 17.9 Å². The molecule has 0 radical (unpaired) electrons. The number of rotatable bonds is 5. The van der Waals surface area contributed by atoms with Crippen LogP contribution in [-0.2, 0) is 13.1 Å². The molecule has 1 aromatic carbocycles. The van der Waals surface area contributed by atoms with Gasteiger partial charge in [-0.05, 0) is 36.8 Å². The average molecular weight is 325 g/mol. The number of nitrogens with zero attached hydrogens (tertiary/aromatic N) is 2. The molecule has 0 bridgehead atoms. The number of aromatic amines is 1. The van der Waals surface area contributed by atoms with Gasteiger partial charge < -0.3 is 4.98 Å². The number of aryl methyl sites for hydroxylation is 1. The lowest BCUT2D eigenvalue weighted by Crippen LogP contribution is -2.27. The maximum absolute atomic E-state index is 12.1. The van der Waals surface area contributed by atoms with Crippen molar-refractivity contribution < 1.29 is 0 Å². The van der Waals surface area contributed by atoms with Gasteiger partial charge in [0.1, 0.15) is 10.5 Å². The minimum atomic E-state index is -0.0221. The third-order valence-corrected chi connectivity index (χ3v) is 5.19. The summed E-state index contributed by atoms with van der Waals surface area (Å²) in [7, 11) is 0. The lowest BCUT2D eigenvalue weighted by atomic mass is 10.1. The first-order valence-corrected chi connectivity index (χ1v) is 8.83. The van der Waals surface area contributed by atoms with Crippen LogP contribution in [0.3, 0.4) is 0 Å². The summed E-state index contributed by atoms with van der Waals surface area (Å²) in [4.78, 5) is 22.1. The molecule has 0 amide bonds. The molecule has 0 atom stereocenters. The molecule has 0 saturated heterocycles. The van der Waals surface area contributed by atoms with Gasteiger partial charge in [0.2, 0.25) is 0 Å². The largest absolute Gasteiger partial charge is 0.308 e. The summed E-state index contributed by atoms with van der Waals surface area (Å²) in [6.45, 7) is 3.70. The second-order valence-electron chi connectivity index (χ2n) is 6.27. The smallest absolute Gasteiger partial charge is 0.268 e. The minimum Gasteiger partial charge on any atom is -0.308 e. The van der Waals surface area contributed by atoms with Gasteiger partial charge in [-0.25, -0.2) is 4.98 Å². The average Bonchev–Trinajstić information content (AvgIpc) is 3.27. The Morgan fingerprint density at radius 3 is 2.74 bits per heavy atom. The van der Waals surface area contributed by atoms with E-state index in [-0.39, 0.29) is 5.56 Å². The van der Waals surface area contributed by atoms with Crippen LogP contribution >= 0.6 is 11.3 Å². The predicted molar refractivity (Wildman–Crippen MR) is 93.7 cm³/mol. The fourth-order valence-corrected chi connectivity index (χ4v) is 3.60. The second kappa shape index (κ2) is 5.91. The van der Waals surface area contributed by atoms with E-state index in [2.05, 4.69) is 46.1 Å². The monoisotopic (exact) mass is 325 g/mol. The summed E-state index contributed by atoms with van der Waals surface area (Å²) < 4.78 is 0.713. The number of benzene rings is 1. The molecule has 1 fully saturated rings. The van der Waals surface area contributed by atoms with Crippen molar-refractivity contribution in [2.24, 2.45) is 0 Å². The van der Waals surface area contributed by atoms with Crippen molar-refractivity contribution >= 4 is 21.6 Å². The Morgan fingerprint density at radius 2 is 2.00 bits per heavy atom. The molecule has 3 aromatic rings. The Kier molecular flexibility index (Phi) is 3.75. The number of aromatic nitrogens is 2. The lowest BCUT2D eigenvalue weighted by molar-refractivity contribution is 0.239. The third-order valence-electron chi connectivity index (χ3n) is 4.29. The summed E-state index contributed by atoms with van der Waals surface area (Å²) in [5.74, 6) is 0.764. The SMILES string of the molecule is Cc1ccc(CN(Cc2nc3ccsc3c(=O)[nH]2)C2CC2)cc1. The van der Waals surface area contributed by atoms with Gasteiger partial charge in [-0.15, -0.1) is 11.3 Å². The number of fused-ring (bicyclic) bond motifs is 1. The number of hydrogen-bond acceptors (Lipinski definition) is 4. The van der Waals surface area contributed by atoms with Gasteiger partial charge >= 0.3 is 0 Å². The molecule has 5 heteroatoms. The minimum absolute atomic E-state index is 0.0221. The molecule has 1 aliphatic rings. The molecule has 2 heterocycles. The molecule has 2 aromatic heterocycles. The Balaban J connectivity index is 1.57. The first-order valence-electron chi connectivity index (χ1n) is 7.95. The van der Waals surface area contributed by atoms with Crippen LogP contribution in [0.25, 0.3) is 10.2 Å². The topological polar surface area (TPSA) is 49.0 Å². The number of H-pyrrole nitrogens is 1. The van der Waals surface area contributed by atoms with Gasteiger partial charge in [-0.2, -0.15) is 0 Å². The number of nitrogens with one attached hydrogen (secondary N) is 1. The van der Waals surface area contributed by atoms with Gasteiger partial charge in [0.25, 0.3) is 5.56 Å². The van der Waals surface area contributed by atoms with Crippen LogP contribution in [0.4, 0.5) is 0 Å². The van der Waals surface area contributed by atoms with E-state index in [0.29, 0.717) is 17.3 Å². The van der Waals surface area contributed by atoms with E-state index in [4.69, 9.17) is 0 Å². The van der Waals surface area contributed by atoms with E-state index in [1.54, 1.807) is 0 Å². The van der Waals surface area contributed by atoms with Gasteiger partial charge in [0.15, 0.2) is 0 Å². The van der Waals surface area contributed by atoms with E-state index in [1.165, 1.54) is 35.3 Å².